The number of hydrogen-bond donors (Lipinski definition) is 2. The van der Waals surface area contributed by atoms with Crippen LogP contribution in [0.1, 0.15) is 10.4 Å². The van der Waals surface area contributed by atoms with Crippen LogP contribution in [0.2, 0.25) is 5.02 Å². The number of anilines is 2. The Morgan fingerprint density at radius 2 is 1.95 bits per heavy atom. The number of aromatic carboxylic acids is 1. The molecule has 0 aliphatic rings. The summed E-state index contributed by atoms with van der Waals surface area (Å²) in [5.41, 5.74) is 6.10. The number of amides is 2. The molecule has 0 aliphatic heterocycles. The molecule has 0 heterocycles. The van der Waals surface area contributed by atoms with Crippen LogP contribution in [0.3, 0.4) is 0 Å². The summed E-state index contributed by atoms with van der Waals surface area (Å²) in [5, 5.41) is 9.45. The topological polar surface area (TPSA) is 92.9 Å². The first-order valence-electron chi connectivity index (χ1n) is 6.20. The lowest BCUT2D eigenvalue weighted by molar-refractivity contribution is 0.0697. The summed E-state index contributed by atoms with van der Waals surface area (Å²) in [6.45, 7) is 0. The second-order valence-corrected chi connectivity index (χ2v) is 4.78. The predicted molar refractivity (Wildman–Crippen MR) is 83.1 cm³/mol. The van der Waals surface area contributed by atoms with Crippen molar-refractivity contribution in [1.82, 2.24) is 0 Å². The van der Waals surface area contributed by atoms with Crippen LogP contribution in [0.15, 0.2) is 42.5 Å². The number of benzene rings is 2. The molecule has 2 aromatic rings. The highest BCUT2D eigenvalue weighted by Gasteiger charge is 2.20. The van der Waals surface area contributed by atoms with Gasteiger partial charge in [0.1, 0.15) is 5.75 Å². The molecular weight excluding hydrogens is 308 g/mol. The Kier molecular flexibility index (Phi) is 4.53. The van der Waals surface area contributed by atoms with Crippen molar-refractivity contribution >= 4 is 35.0 Å². The first-order chi connectivity index (χ1) is 10.4. The molecular formula is C15H13ClN2O4. The van der Waals surface area contributed by atoms with Gasteiger partial charge in [-0.1, -0.05) is 17.7 Å². The van der Waals surface area contributed by atoms with Crippen molar-refractivity contribution in [2.24, 2.45) is 5.73 Å². The molecule has 0 bridgehead atoms. The van der Waals surface area contributed by atoms with E-state index in [1.807, 2.05) is 0 Å². The number of ether oxygens (including phenoxy) is 1. The third kappa shape index (κ3) is 3.12. The quantitative estimate of drug-likeness (QED) is 0.904. The second-order valence-electron chi connectivity index (χ2n) is 4.35. The summed E-state index contributed by atoms with van der Waals surface area (Å²) in [6.07, 6.45) is 0. The van der Waals surface area contributed by atoms with Gasteiger partial charge in [-0.05, 0) is 36.4 Å². The lowest BCUT2D eigenvalue weighted by Crippen LogP contribution is -2.31. The van der Waals surface area contributed by atoms with Crippen molar-refractivity contribution in [3.63, 3.8) is 0 Å². The first kappa shape index (κ1) is 15.7. The minimum Gasteiger partial charge on any atom is -0.495 e. The minimum absolute atomic E-state index is 0.0322. The predicted octanol–water partition coefficient (Wildman–Crippen LogP) is 3.26. The number of carbonyl (C=O) groups is 2. The Bertz CT molecular complexity index is 733. The lowest BCUT2D eigenvalue weighted by atomic mass is 10.1. The van der Waals surface area contributed by atoms with Gasteiger partial charge >= 0.3 is 12.0 Å². The number of rotatable bonds is 4. The molecule has 0 atom stereocenters. The summed E-state index contributed by atoms with van der Waals surface area (Å²) in [6, 6.07) is 9.77. The maximum absolute atomic E-state index is 11.9. The van der Waals surface area contributed by atoms with Gasteiger partial charge in [0.05, 0.1) is 24.0 Å². The SMILES string of the molecule is COc1ccc(Cl)cc1N(C(N)=O)c1cccc(C(=O)O)c1. The third-order valence-corrected chi connectivity index (χ3v) is 3.19. The fourth-order valence-corrected chi connectivity index (χ4v) is 2.17. The highest BCUT2D eigenvalue weighted by Crippen LogP contribution is 2.36. The van der Waals surface area contributed by atoms with Gasteiger partial charge < -0.3 is 15.6 Å². The second kappa shape index (κ2) is 6.36. The van der Waals surface area contributed by atoms with Crippen LogP contribution < -0.4 is 15.4 Å². The molecule has 114 valence electrons. The fraction of sp³-hybridized carbons (Fsp3) is 0.0667. The van der Waals surface area contributed by atoms with Gasteiger partial charge in [0, 0.05) is 5.02 Å². The van der Waals surface area contributed by atoms with Crippen LogP contribution in [0.25, 0.3) is 0 Å². The van der Waals surface area contributed by atoms with E-state index in [1.165, 1.54) is 31.4 Å². The number of nitrogens with zero attached hydrogens (tertiary/aromatic N) is 1. The van der Waals surface area contributed by atoms with E-state index in [4.69, 9.17) is 27.2 Å². The monoisotopic (exact) mass is 320 g/mol. The third-order valence-electron chi connectivity index (χ3n) is 2.95. The molecule has 22 heavy (non-hydrogen) atoms. The van der Waals surface area contributed by atoms with Gasteiger partial charge in [-0.25, -0.2) is 9.59 Å². The molecule has 3 N–H and O–H groups in total. The Labute approximate surface area is 131 Å². The number of urea groups is 1. The summed E-state index contributed by atoms with van der Waals surface area (Å²) < 4.78 is 5.21. The van der Waals surface area contributed by atoms with Gasteiger partial charge in [-0.15, -0.1) is 0 Å². The lowest BCUT2D eigenvalue weighted by Gasteiger charge is -2.23. The molecule has 0 saturated heterocycles. The van der Waals surface area contributed by atoms with E-state index in [0.29, 0.717) is 22.1 Å². The van der Waals surface area contributed by atoms with E-state index in [0.717, 1.165) is 4.90 Å². The average molecular weight is 321 g/mol. The number of carboxylic acids is 1. The molecule has 2 aromatic carbocycles. The highest BCUT2D eigenvalue weighted by atomic mass is 35.5. The van der Waals surface area contributed by atoms with Crippen molar-refractivity contribution in [1.29, 1.82) is 0 Å². The Morgan fingerprint density at radius 1 is 1.23 bits per heavy atom. The first-order valence-corrected chi connectivity index (χ1v) is 6.58. The van der Waals surface area contributed by atoms with Gasteiger partial charge in [0.25, 0.3) is 0 Å². The van der Waals surface area contributed by atoms with Crippen LogP contribution >= 0.6 is 11.6 Å². The molecule has 6 nitrogen and oxygen atoms in total. The standard InChI is InChI=1S/C15H13ClN2O4/c1-22-13-6-5-10(16)8-12(13)18(15(17)21)11-4-2-3-9(7-11)14(19)20/h2-8H,1H3,(H2,17,21)(H,19,20). The van der Waals surface area contributed by atoms with Crippen LogP contribution in [0, 0.1) is 0 Å². The molecule has 7 heteroatoms. The molecule has 0 fully saturated rings. The molecule has 0 aliphatic carbocycles. The van der Waals surface area contributed by atoms with Crippen molar-refractivity contribution in [3.8, 4) is 5.75 Å². The number of carbonyl (C=O) groups excluding carboxylic acids is 1. The van der Waals surface area contributed by atoms with Crippen LogP contribution in [0.5, 0.6) is 5.75 Å². The zero-order valence-corrected chi connectivity index (χ0v) is 12.4. The van der Waals surface area contributed by atoms with Crippen LogP contribution in [-0.4, -0.2) is 24.2 Å². The van der Waals surface area contributed by atoms with E-state index in [1.54, 1.807) is 18.2 Å². The van der Waals surface area contributed by atoms with Crippen molar-refractivity contribution in [3.05, 3.63) is 53.1 Å². The number of carboxylic acid groups (broad SMARTS) is 1. The molecule has 0 spiro atoms. The number of hydrogen-bond acceptors (Lipinski definition) is 3. The fourth-order valence-electron chi connectivity index (χ4n) is 2.00. The highest BCUT2D eigenvalue weighted by molar-refractivity contribution is 6.31. The molecule has 0 radical (unpaired) electrons. The van der Waals surface area contributed by atoms with E-state index >= 15 is 0 Å². The number of halogens is 1. The van der Waals surface area contributed by atoms with E-state index < -0.39 is 12.0 Å². The van der Waals surface area contributed by atoms with Gasteiger partial charge in [-0.2, -0.15) is 0 Å². The summed E-state index contributed by atoms with van der Waals surface area (Å²) >= 11 is 5.96. The molecule has 2 rings (SSSR count). The summed E-state index contributed by atoms with van der Waals surface area (Å²) in [7, 11) is 1.44. The molecule has 0 saturated carbocycles. The average Bonchev–Trinajstić information content (AvgIpc) is 2.47. The van der Waals surface area contributed by atoms with E-state index in [9.17, 15) is 9.59 Å². The molecule has 2 amide bonds. The molecule has 0 unspecified atom stereocenters. The largest absolute Gasteiger partial charge is 0.495 e. The van der Waals surface area contributed by atoms with Gasteiger partial charge in [-0.3, -0.25) is 4.90 Å². The smallest absolute Gasteiger partial charge is 0.335 e. The zero-order chi connectivity index (χ0) is 16.3. The van der Waals surface area contributed by atoms with Crippen LogP contribution in [0.4, 0.5) is 16.2 Å². The van der Waals surface area contributed by atoms with Gasteiger partial charge in [0.2, 0.25) is 0 Å². The Hall–Kier alpha value is -2.73. The van der Waals surface area contributed by atoms with Crippen molar-refractivity contribution < 1.29 is 19.4 Å². The van der Waals surface area contributed by atoms with Gasteiger partial charge in [0.15, 0.2) is 0 Å². The van der Waals surface area contributed by atoms with Crippen LogP contribution in [-0.2, 0) is 0 Å². The summed E-state index contributed by atoms with van der Waals surface area (Å²) in [4.78, 5) is 24.1. The van der Waals surface area contributed by atoms with Crippen molar-refractivity contribution in [2.45, 2.75) is 0 Å². The van der Waals surface area contributed by atoms with E-state index in [2.05, 4.69) is 0 Å². The maximum Gasteiger partial charge on any atom is 0.335 e. The molecule has 0 aromatic heterocycles. The Balaban J connectivity index is 2.61. The Morgan fingerprint density at radius 3 is 2.55 bits per heavy atom. The number of methoxy groups -OCH3 is 1. The maximum atomic E-state index is 11.9. The summed E-state index contributed by atoms with van der Waals surface area (Å²) in [5.74, 6) is -0.728. The van der Waals surface area contributed by atoms with E-state index in [-0.39, 0.29) is 5.56 Å². The normalized spacial score (nSPS) is 10.1. The minimum atomic E-state index is -1.11. The van der Waals surface area contributed by atoms with Crippen molar-refractivity contribution in [2.75, 3.05) is 12.0 Å². The number of primary amides is 1. The number of nitrogens with two attached hydrogens (primary N) is 1. The zero-order valence-electron chi connectivity index (χ0n) is 11.6.